The average molecular weight is 420 g/mol. The Hall–Kier alpha value is -2.88. The molecule has 0 fully saturated rings. The number of fused-ring (bicyclic) bond motifs is 1. The topological polar surface area (TPSA) is 114 Å². The predicted molar refractivity (Wildman–Crippen MR) is 111 cm³/mol. The maximum atomic E-state index is 12.3. The lowest BCUT2D eigenvalue weighted by Crippen LogP contribution is -2.31. The lowest BCUT2D eigenvalue weighted by Gasteiger charge is -2.28. The SMILES string of the molecule is CCCSc1nc2n(n1)C(c1cc(OC)c(OC)c(OC)c1)C(C(N)=O)=C(C)N2. The molecule has 0 aliphatic carbocycles. The number of carbonyl (C=O) groups excluding carboxylic acids is 1. The van der Waals surface area contributed by atoms with E-state index in [0.29, 0.717) is 45.2 Å². The van der Waals surface area contributed by atoms with Gasteiger partial charge in [-0.3, -0.25) is 4.79 Å². The third-order valence-electron chi connectivity index (χ3n) is 4.54. The number of nitrogens with one attached hydrogen (secondary N) is 1. The maximum absolute atomic E-state index is 12.3. The van der Waals surface area contributed by atoms with Crippen LogP contribution in [0.3, 0.4) is 0 Å². The summed E-state index contributed by atoms with van der Waals surface area (Å²) >= 11 is 1.56. The summed E-state index contributed by atoms with van der Waals surface area (Å²) < 4.78 is 18.0. The Morgan fingerprint density at radius 3 is 2.41 bits per heavy atom. The number of hydrogen-bond acceptors (Lipinski definition) is 8. The van der Waals surface area contributed by atoms with Crippen molar-refractivity contribution in [3.8, 4) is 17.2 Å². The van der Waals surface area contributed by atoms with Crippen LogP contribution in [-0.2, 0) is 4.79 Å². The monoisotopic (exact) mass is 419 g/mol. The van der Waals surface area contributed by atoms with Crippen molar-refractivity contribution < 1.29 is 19.0 Å². The van der Waals surface area contributed by atoms with Gasteiger partial charge in [0.15, 0.2) is 11.5 Å². The van der Waals surface area contributed by atoms with Gasteiger partial charge < -0.3 is 25.3 Å². The standard InChI is InChI=1S/C19H25N5O4S/c1-6-7-29-19-22-18-21-10(2)14(17(20)25)15(24(18)23-19)11-8-12(26-3)16(28-5)13(9-11)27-4/h8-9,15H,6-7H2,1-5H3,(H2,20,25)(H,21,22,23). The highest BCUT2D eigenvalue weighted by Gasteiger charge is 2.34. The van der Waals surface area contributed by atoms with Crippen molar-refractivity contribution in [2.75, 3.05) is 32.4 Å². The summed E-state index contributed by atoms with van der Waals surface area (Å²) in [5.74, 6) is 2.32. The van der Waals surface area contributed by atoms with Crippen molar-refractivity contribution in [1.82, 2.24) is 14.8 Å². The molecule has 10 heteroatoms. The molecular formula is C19H25N5O4S. The highest BCUT2D eigenvalue weighted by molar-refractivity contribution is 7.99. The number of methoxy groups -OCH3 is 3. The molecule has 0 spiro atoms. The molecule has 3 N–H and O–H groups in total. The van der Waals surface area contributed by atoms with E-state index in [1.807, 2.05) is 0 Å². The lowest BCUT2D eigenvalue weighted by molar-refractivity contribution is -0.115. The van der Waals surface area contributed by atoms with E-state index in [2.05, 4.69) is 22.3 Å². The van der Waals surface area contributed by atoms with Gasteiger partial charge in [-0.15, -0.1) is 5.10 Å². The molecule has 0 saturated carbocycles. The summed E-state index contributed by atoms with van der Waals surface area (Å²) in [7, 11) is 4.62. The Morgan fingerprint density at radius 2 is 1.90 bits per heavy atom. The highest BCUT2D eigenvalue weighted by atomic mass is 32.2. The molecule has 1 unspecified atom stereocenters. The number of ether oxygens (including phenoxy) is 3. The predicted octanol–water partition coefficient (Wildman–Crippen LogP) is 2.58. The van der Waals surface area contributed by atoms with Crippen molar-refractivity contribution in [3.05, 3.63) is 29.0 Å². The third-order valence-corrected chi connectivity index (χ3v) is 5.58. The largest absolute Gasteiger partial charge is 0.493 e. The van der Waals surface area contributed by atoms with Crippen LogP contribution in [0.1, 0.15) is 31.9 Å². The van der Waals surface area contributed by atoms with Crippen LogP contribution in [0, 0.1) is 0 Å². The van der Waals surface area contributed by atoms with Crippen LogP contribution < -0.4 is 25.3 Å². The van der Waals surface area contributed by atoms with Gasteiger partial charge in [0.2, 0.25) is 22.8 Å². The van der Waals surface area contributed by atoms with E-state index < -0.39 is 11.9 Å². The third kappa shape index (κ3) is 3.84. The second-order valence-electron chi connectivity index (χ2n) is 6.40. The van der Waals surface area contributed by atoms with Crippen molar-refractivity contribution >= 4 is 23.6 Å². The lowest BCUT2D eigenvalue weighted by atomic mass is 9.94. The van der Waals surface area contributed by atoms with Crippen LogP contribution >= 0.6 is 11.8 Å². The second-order valence-corrected chi connectivity index (χ2v) is 7.46. The van der Waals surface area contributed by atoms with E-state index in [1.165, 1.54) is 7.11 Å². The van der Waals surface area contributed by atoms with Crippen LogP contribution in [0.15, 0.2) is 28.6 Å². The molecule has 1 aromatic heterocycles. The van der Waals surface area contributed by atoms with E-state index in [4.69, 9.17) is 19.9 Å². The van der Waals surface area contributed by atoms with Gasteiger partial charge in [0.1, 0.15) is 6.04 Å². The Kier molecular flexibility index (Phi) is 6.21. The van der Waals surface area contributed by atoms with Crippen molar-refractivity contribution in [2.45, 2.75) is 31.5 Å². The van der Waals surface area contributed by atoms with Gasteiger partial charge in [0, 0.05) is 11.4 Å². The molecule has 1 aliphatic rings. The summed E-state index contributed by atoms with van der Waals surface area (Å²) in [4.78, 5) is 16.9. The molecule has 1 aliphatic heterocycles. The quantitative estimate of drug-likeness (QED) is 0.628. The van der Waals surface area contributed by atoms with Crippen LogP contribution in [0.4, 0.5) is 5.95 Å². The smallest absolute Gasteiger partial charge is 0.248 e. The maximum Gasteiger partial charge on any atom is 0.248 e. The molecule has 29 heavy (non-hydrogen) atoms. The number of rotatable bonds is 8. The Labute approximate surface area is 173 Å². The van der Waals surface area contributed by atoms with E-state index in [-0.39, 0.29) is 0 Å². The first kappa shape index (κ1) is 20.8. The minimum atomic E-state index is -0.582. The number of anilines is 1. The number of nitrogens with zero attached hydrogens (tertiary/aromatic N) is 3. The van der Waals surface area contributed by atoms with Crippen molar-refractivity contribution in [1.29, 1.82) is 0 Å². The number of allylic oxidation sites excluding steroid dienone is 1. The zero-order chi connectivity index (χ0) is 21.1. The van der Waals surface area contributed by atoms with E-state index in [9.17, 15) is 4.79 Å². The van der Waals surface area contributed by atoms with E-state index >= 15 is 0 Å². The molecule has 9 nitrogen and oxygen atoms in total. The normalized spacial score (nSPS) is 15.6. The minimum Gasteiger partial charge on any atom is -0.493 e. The van der Waals surface area contributed by atoms with Gasteiger partial charge in [0.25, 0.3) is 0 Å². The number of amides is 1. The van der Waals surface area contributed by atoms with Crippen molar-refractivity contribution in [3.63, 3.8) is 0 Å². The fourth-order valence-corrected chi connectivity index (χ4v) is 3.96. The number of thioether (sulfide) groups is 1. The Morgan fingerprint density at radius 1 is 1.24 bits per heavy atom. The molecule has 0 saturated heterocycles. The molecule has 2 aromatic rings. The number of hydrogen-bond donors (Lipinski definition) is 2. The molecule has 0 bridgehead atoms. The number of benzene rings is 1. The highest BCUT2D eigenvalue weighted by Crippen LogP contribution is 2.43. The molecule has 1 atom stereocenters. The van der Waals surface area contributed by atoms with E-state index in [1.54, 1.807) is 49.7 Å². The zero-order valence-corrected chi connectivity index (χ0v) is 17.9. The Bertz CT molecular complexity index is 931. The fraction of sp³-hybridized carbons (Fsp3) is 0.421. The second kappa shape index (κ2) is 8.64. The molecule has 2 heterocycles. The molecule has 0 radical (unpaired) electrons. The number of carbonyl (C=O) groups is 1. The minimum absolute atomic E-state index is 0.392. The summed E-state index contributed by atoms with van der Waals surface area (Å²) in [6, 6.07) is 3.00. The molecule has 3 rings (SSSR count). The van der Waals surface area contributed by atoms with Crippen LogP contribution in [0.5, 0.6) is 17.2 Å². The van der Waals surface area contributed by atoms with Crippen LogP contribution in [0.2, 0.25) is 0 Å². The van der Waals surface area contributed by atoms with Gasteiger partial charge in [-0.1, -0.05) is 18.7 Å². The molecule has 1 aromatic carbocycles. The van der Waals surface area contributed by atoms with Gasteiger partial charge in [-0.2, -0.15) is 4.98 Å². The summed E-state index contributed by atoms with van der Waals surface area (Å²) in [6.45, 7) is 3.89. The van der Waals surface area contributed by atoms with Gasteiger partial charge >= 0.3 is 0 Å². The van der Waals surface area contributed by atoms with E-state index in [0.717, 1.165) is 12.2 Å². The van der Waals surface area contributed by atoms with Crippen LogP contribution in [-0.4, -0.2) is 47.8 Å². The molecule has 156 valence electrons. The molecular weight excluding hydrogens is 394 g/mol. The fourth-order valence-electron chi connectivity index (χ4n) is 3.27. The van der Waals surface area contributed by atoms with Gasteiger partial charge in [0.05, 0.1) is 26.9 Å². The summed E-state index contributed by atoms with van der Waals surface area (Å²) in [5.41, 5.74) is 7.47. The first-order valence-corrected chi connectivity index (χ1v) is 10.1. The Balaban J connectivity index is 2.20. The number of primary amides is 1. The molecule has 1 amide bonds. The number of aromatic nitrogens is 3. The number of nitrogens with two attached hydrogens (primary N) is 1. The first-order chi connectivity index (χ1) is 13.9. The van der Waals surface area contributed by atoms with Crippen molar-refractivity contribution in [2.24, 2.45) is 5.73 Å². The zero-order valence-electron chi connectivity index (χ0n) is 17.1. The summed E-state index contributed by atoms with van der Waals surface area (Å²) in [6.07, 6.45) is 1.00. The van der Waals surface area contributed by atoms with Gasteiger partial charge in [-0.05, 0) is 31.0 Å². The van der Waals surface area contributed by atoms with Gasteiger partial charge in [-0.25, -0.2) is 4.68 Å². The van der Waals surface area contributed by atoms with Crippen LogP contribution in [0.25, 0.3) is 0 Å². The summed E-state index contributed by atoms with van der Waals surface area (Å²) in [5, 5.41) is 8.38. The average Bonchev–Trinajstić information content (AvgIpc) is 3.11. The first-order valence-electron chi connectivity index (χ1n) is 9.11.